The standard InChI is InChI=1S/C26H29N3O4S/c1-20(21-8-10-22(11-9-21)27-34(31,32)25-6-4-3-5-7-25)26(30)29-18-16-28(17-19-29)23-12-14-24(33-2)15-13-23/h3-15,20,27H,16-19H2,1-2H3. The molecule has 1 atom stereocenters. The van der Waals surface area contributed by atoms with Crippen molar-refractivity contribution in [3.05, 3.63) is 84.4 Å². The molecule has 34 heavy (non-hydrogen) atoms. The van der Waals surface area contributed by atoms with E-state index in [4.69, 9.17) is 4.74 Å². The van der Waals surface area contributed by atoms with Crippen LogP contribution in [0.4, 0.5) is 11.4 Å². The molecule has 1 aliphatic rings. The fourth-order valence-corrected chi connectivity index (χ4v) is 5.13. The summed E-state index contributed by atoms with van der Waals surface area (Å²) in [5.41, 5.74) is 2.43. The topological polar surface area (TPSA) is 79.0 Å². The molecule has 4 rings (SSSR count). The molecule has 0 aliphatic carbocycles. The number of hydrogen-bond donors (Lipinski definition) is 1. The van der Waals surface area contributed by atoms with E-state index in [0.717, 1.165) is 30.1 Å². The van der Waals surface area contributed by atoms with Gasteiger partial charge in [0, 0.05) is 37.6 Å². The minimum absolute atomic E-state index is 0.0759. The number of methoxy groups -OCH3 is 1. The number of nitrogens with zero attached hydrogens (tertiary/aromatic N) is 2. The maximum absolute atomic E-state index is 13.1. The Hall–Kier alpha value is -3.52. The summed E-state index contributed by atoms with van der Waals surface area (Å²) in [4.78, 5) is 17.5. The molecule has 1 saturated heterocycles. The van der Waals surface area contributed by atoms with Crippen LogP contribution in [0, 0.1) is 0 Å². The largest absolute Gasteiger partial charge is 0.497 e. The Balaban J connectivity index is 1.34. The molecule has 0 aromatic heterocycles. The lowest BCUT2D eigenvalue weighted by Crippen LogP contribution is -2.49. The van der Waals surface area contributed by atoms with E-state index in [1.54, 1.807) is 61.7 Å². The number of rotatable bonds is 7. The second-order valence-corrected chi connectivity index (χ2v) is 9.96. The number of anilines is 2. The van der Waals surface area contributed by atoms with Crippen LogP contribution in [0.2, 0.25) is 0 Å². The number of carbonyl (C=O) groups is 1. The Kier molecular flexibility index (Phi) is 7.07. The van der Waals surface area contributed by atoms with Gasteiger partial charge in [0.2, 0.25) is 5.91 Å². The average Bonchev–Trinajstić information content (AvgIpc) is 2.89. The van der Waals surface area contributed by atoms with Crippen molar-refractivity contribution in [3.63, 3.8) is 0 Å². The Morgan fingerprint density at radius 3 is 2.09 bits per heavy atom. The monoisotopic (exact) mass is 479 g/mol. The van der Waals surface area contributed by atoms with E-state index >= 15 is 0 Å². The highest BCUT2D eigenvalue weighted by Crippen LogP contribution is 2.24. The highest BCUT2D eigenvalue weighted by Gasteiger charge is 2.26. The molecule has 0 radical (unpaired) electrons. The van der Waals surface area contributed by atoms with Gasteiger partial charge in [-0.2, -0.15) is 0 Å². The van der Waals surface area contributed by atoms with E-state index in [0.29, 0.717) is 18.8 Å². The maximum atomic E-state index is 13.1. The lowest BCUT2D eigenvalue weighted by atomic mass is 9.99. The zero-order chi connectivity index (χ0) is 24.1. The summed E-state index contributed by atoms with van der Waals surface area (Å²) < 4.78 is 32.8. The first-order valence-electron chi connectivity index (χ1n) is 11.2. The molecular weight excluding hydrogens is 450 g/mol. The van der Waals surface area contributed by atoms with Gasteiger partial charge in [0.15, 0.2) is 0 Å². The third-order valence-corrected chi connectivity index (χ3v) is 7.51. The first kappa shape index (κ1) is 23.6. The van der Waals surface area contributed by atoms with Crippen molar-refractivity contribution in [2.24, 2.45) is 0 Å². The number of carbonyl (C=O) groups excluding carboxylic acids is 1. The van der Waals surface area contributed by atoms with Gasteiger partial charge in [-0.15, -0.1) is 0 Å². The van der Waals surface area contributed by atoms with E-state index in [1.165, 1.54) is 0 Å². The zero-order valence-corrected chi connectivity index (χ0v) is 20.2. The number of sulfonamides is 1. The summed E-state index contributed by atoms with van der Waals surface area (Å²) in [6.07, 6.45) is 0. The molecule has 178 valence electrons. The Morgan fingerprint density at radius 1 is 0.882 bits per heavy atom. The SMILES string of the molecule is COc1ccc(N2CCN(C(=O)C(C)c3ccc(NS(=O)(=O)c4ccccc4)cc3)CC2)cc1. The first-order chi connectivity index (χ1) is 16.4. The summed E-state index contributed by atoms with van der Waals surface area (Å²) in [6, 6.07) is 23.2. The van der Waals surface area contributed by atoms with Crippen molar-refractivity contribution in [1.29, 1.82) is 0 Å². The van der Waals surface area contributed by atoms with Gasteiger partial charge in [0.1, 0.15) is 5.75 Å². The van der Waals surface area contributed by atoms with E-state index in [1.807, 2.05) is 36.1 Å². The van der Waals surface area contributed by atoms with Gasteiger partial charge in [-0.25, -0.2) is 8.42 Å². The van der Waals surface area contributed by atoms with Gasteiger partial charge in [0.05, 0.1) is 17.9 Å². The second-order valence-electron chi connectivity index (χ2n) is 8.27. The minimum atomic E-state index is -3.65. The predicted octanol–water partition coefficient (Wildman–Crippen LogP) is 3.95. The first-order valence-corrected chi connectivity index (χ1v) is 12.7. The van der Waals surface area contributed by atoms with Gasteiger partial charge < -0.3 is 14.5 Å². The number of ether oxygens (including phenoxy) is 1. The van der Waals surface area contributed by atoms with Gasteiger partial charge in [-0.05, 0) is 61.0 Å². The lowest BCUT2D eigenvalue weighted by Gasteiger charge is -2.37. The van der Waals surface area contributed by atoms with Crippen molar-refractivity contribution >= 4 is 27.3 Å². The molecule has 0 bridgehead atoms. The van der Waals surface area contributed by atoms with Crippen LogP contribution in [-0.2, 0) is 14.8 Å². The number of nitrogens with one attached hydrogen (secondary N) is 1. The highest BCUT2D eigenvalue weighted by molar-refractivity contribution is 7.92. The van der Waals surface area contributed by atoms with Gasteiger partial charge >= 0.3 is 0 Å². The molecular formula is C26H29N3O4S. The highest BCUT2D eigenvalue weighted by atomic mass is 32.2. The molecule has 1 amide bonds. The molecule has 0 spiro atoms. The fraction of sp³-hybridized carbons (Fsp3) is 0.269. The third kappa shape index (κ3) is 5.34. The van der Waals surface area contributed by atoms with Crippen LogP contribution in [-0.4, -0.2) is 52.5 Å². The van der Waals surface area contributed by atoms with Crippen LogP contribution in [0.3, 0.4) is 0 Å². The van der Waals surface area contributed by atoms with Crippen molar-refractivity contribution in [2.75, 3.05) is 42.9 Å². The normalized spacial score (nSPS) is 15.0. The van der Waals surface area contributed by atoms with Crippen LogP contribution < -0.4 is 14.4 Å². The molecule has 3 aromatic carbocycles. The van der Waals surface area contributed by atoms with E-state index in [-0.39, 0.29) is 16.7 Å². The number of piperazine rings is 1. The van der Waals surface area contributed by atoms with Crippen molar-refractivity contribution in [3.8, 4) is 5.75 Å². The van der Waals surface area contributed by atoms with Crippen molar-refractivity contribution < 1.29 is 17.9 Å². The van der Waals surface area contributed by atoms with E-state index in [9.17, 15) is 13.2 Å². The Morgan fingerprint density at radius 2 is 1.50 bits per heavy atom. The predicted molar refractivity (Wildman–Crippen MR) is 134 cm³/mol. The third-order valence-electron chi connectivity index (χ3n) is 6.12. The molecule has 1 fully saturated rings. The van der Waals surface area contributed by atoms with Crippen molar-refractivity contribution in [2.45, 2.75) is 17.7 Å². The molecule has 3 aromatic rings. The molecule has 0 saturated carbocycles. The summed E-state index contributed by atoms with van der Waals surface area (Å²) in [7, 11) is -2.00. The van der Waals surface area contributed by atoms with Crippen LogP contribution in [0.1, 0.15) is 18.4 Å². The Labute approximate surface area is 201 Å². The maximum Gasteiger partial charge on any atom is 0.261 e. The molecule has 1 heterocycles. The smallest absolute Gasteiger partial charge is 0.261 e. The van der Waals surface area contributed by atoms with Crippen LogP contribution in [0.25, 0.3) is 0 Å². The molecule has 1 aliphatic heterocycles. The van der Waals surface area contributed by atoms with Gasteiger partial charge in [0.25, 0.3) is 10.0 Å². The summed E-state index contributed by atoms with van der Waals surface area (Å²) in [5.74, 6) is 0.588. The van der Waals surface area contributed by atoms with E-state index < -0.39 is 10.0 Å². The lowest BCUT2D eigenvalue weighted by molar-refractivity contribution is -0.132. The number of amides is 1. The fourth-order valence-electron chi connectivity index (χ4n) is 4.05. The number of benzene rings is 3. The second kappa shape index (κ2) is 10.2. The van der Waals surface area contributed by atoms with Gasteiger partial charge in [-0.3, -0.25) is 9.52 Å². The van der Waals surface area contributed by atoms with Gasteiger partial charge in [-0.1, -0.05) is 30.3 Å². The summed E-state index contributed by atoms with van der Waals surface area (Å²) in [6.45, 7) is 4.74. The van der Waals surface area contributed by atoms with Crippen LogP contribution >= 0.6 is 0 Å². The molecule has 1 N–H and O–H groups in total. The number of hydrogen-bond acceptors (Lipinski definition) is 5. The summed E-state index contributed by atoms with van der Waals surface area (Å²) >= 11 is 0. The average molecular weight is 480 g/mol. The van der Waals surface area contributed by atoms with Crippen LogP contribution in [0.5, 0.6) is 5.75 Å². The molecule has 7 nitrogen and oxygen atoms in total. The minimum Gasteiger partial charge on any atom is -0.497 e. The zero-order valence-electron chi connectivity index (χ0n) is 19.3. The molecule has 1 unspecified atom stereocenters. The quantitative estimate of drug-likeness (QED) is 0.555. The van der Waals surface area contributed by atoms with Crippen LogP contribution in [0.15, 0.2) is 83.8 Å². The molecule has 8 heteroatoms. The Bertz CT molecular complexity index is 1210. The van der Waals surface area contributed by atoms with E-state index in [2.05, 4.69) is 9.62 Å². The van der Waals surface area contributed by atoms with Crippen molar-refractivity contribution in [1.82, 2.24) is 4.90 Å². The summed E-state index contributed by atoms with van der Waals surface area (Å²) in [5, 5.41) is 0.